The Labute approximate surface area is 578 Å². The second-order valence-electron chi connectivity index (χ2n) is 24.1. The second-order valence-corrected chi connectivity index (χ2v) is 27.1. The van der Waals surface area contributed by atoms with Crippen molar-refractivity contribution in [3.05, 3.63) is 101 Å². The summed E-state index contributed by atoms with van der Waals surface area (Å²) in [4.78, 5) is 162. The van der Waals surface area contributed by atoms with Crippen LogP contribution < -0.4 is 48.3 Å². The number of carbonyl (C=O) groups is 11. The minimum Gasteiger partial charge on any atom is -0.508 e. The first-order chi connectivity index (χ1) is 46.7. The molecule has 6 rings (SSSR count). The number of benzene rings is 3. The highest BCUT2D eigenvalue weighted by Gasteiger charge is 2.38. The highest BCUT2D eigenvalue weighted by Crippen LogP contribution is 2.25. The molecule has 2 fully saturated rings. The van der Waals surface area contributed by atoms with Gasteiger partial charge in [0.15, 0.2) is 0 Å². The number of amides is 8. The Morgan fingerprint density at radius 1 is 0.684 bits per heavy atom. The second kappa shape index (κ2) is 39.5. The van der Waals surface area contributed by atoms with E-state index in [1.54, 1.807) is 52.4 Å². The van der Waals surface area contributed by atoms with E-state index < -0.39 is 164 Å². The van der Waals surface area contributed by atoms with Gasteiger partial charge in [0.1, 0.15) is 54.1 Å². The van der Waals surface area contributed by atoms with Crippen LogP contribution in [0.3, 0.4) is 0 Å². The molecule has 98 heavy (non-hydrogen) atoms. The van der Waals surface area contributed by atoms with Crippen LogP contribution in [0.1, 0.15) is 62.6 Å². The smallest absolute Gasteiger partial charge is 0.320 e. The third-order valence-electron chi connectivity index (χ3n) is 16.5. The molecule has 8 amide bonds. The van der Waals surface area contributed by atoms with Gasteiger partial charge in [-0.25, -0.2) is 0 Å². The number of H-pyrrole nitrogens is 1. The SMILES string of the molecule is C[C@@H](O)[C@@H]1NC(=O)[C@H](CCCCN)NC(=O)[C@@H](Cc2c[nH]c3ccccc23)NC(=O)[C@H](Cc2ccc(O)cc2)NC(=O)[C@@H](NC(=O)[C@@H](Cc2ccc(Cl)cc2)NC(=O)CC[C@H](C(=O)O)N2CCN(CC(=O)O)CCN(CC(=O)O)CC2)CSSC[C@@H](C(=O)N[C@H](CO)[C@@H](C)O)NC1=O. The van der Waals surface area contributed by atoms with Crippen molar-refractivity contribution in [1.82, 2.24) is 62.2 Å². The Morgan fingerprint density at radius 2 is 1.27 bits per heavy atom. The van der Waals surface area contributed by atoms with Crippen LogP contribution in [0.2, 0.25) is 5.02 Å². The zero-order valence-electron chi connectivity index (χ0n) is 54.2. The van der Waals surface area contributed by atoms with Crippen molar-refractivity contribution >= 4 is 109 Å². The largest absolute Gasteiger partial charge is 0.508 e. The Morgan fingerprint density at radius 3 is 1.87 bits per heavy atom. The lowest BCUT2D eigenvalue weighted by Gasteiger charge is -2.30. The molecule has 4 aromatic rings. The number of phenols is 1. The van der Waals surface area contributed by atoms with Gasteiger partial charge in [-0.15, -0.1) is 0 Å². The van der Waals surface area contributed by atoms with Crippen molar-refractivity contribution in [1.29, 1.82) is 0 Å². The summed E-state index contributed by atoms with van der Waals surface area (Å²) in [6.07, 6.45) is -2.32. The number of aliphatic hydroxyl groups is 3. The van der Waals surface area contributed by atoms with Crippen LogP contribution in [0.15, 0.2) is 79.0 Å². The lowest BCUT2D eigenvalue weighted by atomic mass is 10.0. The van der Waals surface area contributed by atoms with Crippen molar-refractivity contribution < 1.29 is 88.5 Å². The van der Waals surface area contributed by atoms with E-state index in [2.05, 4.69) is 47.5 Å². The molecule has 0 bridgehead atoms. The maximum Gasteiger partial charge on any atom is 0.320 e. The van der Waals surface area contributed by atoms with Crippen molar-refractivity contribution in [2.75, 3.05) is 77.0 Å². The number of rotatable bonds is 27. The van der Waals surface area contributed by atoms with Gasteiger partial charge in [-0.1, -0.05) is 75.7 Å². The number of carboxylic acids is 3. The number of phenolic OH excluding ortho intramolecular Hbond substituents is 1. The molecule has 3 heterocycles. The maximum absolute atomic E-state index is 15.2. The van der Waals surface area contributed by atoms with Gasteiger partial charge < -0.3 is 89.0 Å². The number of aromatic amines is 1. The molecule has 1 aromatic heterocycles. The molecule has 18 N–H and O–H groups in total. The molecule has 536 valence electrons. The summed E-state index contributed by atoms with van der Waals surface area (Å²) >= 11 is 6.24. The van der Waals surface area contributed by atoms with Gasteiger partial charge in [-0.2, -0.15) is 0 Å². The first kappa shape index (κ1) is 78.9. The van der Waals surface area contributed by atoms with Gasteiger partial charge in [0.2, 0.25) is 47.3 Å². The molecule has 31 nitrogen and oxygen atoms in total. The highest BCUT2D eigenvalue weighted by atomic mass is 35.5. The molecule has 0 aliphatic carbocycles. The molecule has 0 unspecified atom stereocenters. The first-order valence-electron chi connectivity index (χ1n) is 32.0. The van der Waals surface area contributed by atoms with E-state index in [-0.39, 0.29) is 95.8 Å². The predicted molar refractivity (Wildman–Crippen MR) is 363 cm³/mol. The average molecular weight is 1430 g/mol. The minimum atomic E-state index is -1.78. The van der Waals surface area contributed by atoms with E-state index in [0.717, 1.165) is 21.6 Å². The highest BCUT2D eigenvalue weighted by molar-refractivity contribution is 8.76. The van der Waals surface area contributed by atoms with Crippen LogP contribution in [0, 0.1) is 0 Å². The summed E-state index contributed by atoms with van der Waals surface area (Å²) in [6.45, 7) is 1.73. The summed E-state index contributed by atoms with van der Waals surface area (Å²) in [6, 6.07) is 5.27. The number of unbranched alkanes of at least 4 members (excludes halogenated alkanes) is 1. The van der Waals surface area contributed by atoms with Crippen LogP contribution >= 0.6 is 33.2 Å². The molecule has 0 saturated carbocycles. The number of aliphatic carboxylic acids is 3. The number of aromatic nitrogens is 1. The quantitative estimate of drug-likeness (QED) is 0.0227. The number of nitrogens with two attached hydrogens (primary N) is 1. The summed E-state index contributed by atoms with van der Waals surface area (Å²) in [5, 5.41) is 93.7. The van der Waals surface area contributed by atoms with Gasteiger partial charge >= 0.3 is 17.9 Å². The molecule has 2 aliphatic rings. The van der Waals surface area contributed by atoms with E-state index in [1.165, 1.54) is 55.1 Å². The van der Waals surface area contributed by atoms with E-state index >= 15 is 14.4 Å². The van der Waals surface area contributed by atoms with Gasteiger partial charge in [-0.3, -0.25) is 67.4 Å². The molecular formula is C64H88ClN13O18S2. The summed E-state index contributed by atoms with van der Waals surface area (Å²) < 4.78 is 0. The molecule has 2 saturated heterocycles. The average Bonchev–Trinajstić information content (AvgIpc) is 1.62. The molecule has 3 aromatic carbocycles. The molecule has 0 spiro atoms. The molecule has 0 radical (unpaired) electrons. The number of halogens is 1. The number of carbonyl (C=O) groups excluding carboxylic acids is 8. The standard InChI is InChI=1S/C64H88ClN13O18S2/c1-36(80)49(33-79)72-62(93)51-35-98-97-34-50(73-58(89)46(27-38-10-14-41(65)15-11-38)68-53(83)19-18-52(64(95)96)78-25-23-76(31-54(84)85)21-22-77(24-26-78)32-55(86)87)61(92)70-47(28-39-12-16-42(82)17-13-39)59(90)71-48(29-40-30-67-44-8-4-3-7-43(40)44)60(91)69-45(9-5-6-20-66)57(88)75-56(37(2)81)63(94)74-51/h3-4,7-8,10-17,30,36-37,45-52,56,67,79-82H,5-6,9,18-29,31-35,66H2,1-2H3,(H,68,83)(H,69,91)(H,70,92)(H,71,90)(H,72,93)(H,73,89)(H,74,94)(H,75,88)(H,84,85)(H,86,87)(H,95,96)/t36-,37-,45+,46-,47+,48-,49-,50+,51+,52-,56+/m1/s1. The van der Waals surface area contributed by atoms with E-state index in [1.807, 2.05) is 0 Å². The Hall–Kier alpha value is -8.12. The number of hydrogen-bond donors (Lipinski definition) is 17. The fourth-order valence-corrected chi connectivity index (χ4v) is 13.5. The monoisotopic (exact) mass is 1430 g/mol. The fraction of sp³-hybridized carbons (Fsp3) is 0.516. The summed E-state index contributed by atoms with van der Waals surface area (Å²) in [5.41, 5.74) is 7.91. The predicted octanol–water partition coefficient (Wildman–Crippen LogP) is -1.97. The molecular weight excluding hydrogens is 1340 g/mol. The number of aliphatic hydroxyl groups excluding tert-OH is 3. The number of hydrogen-bond acceptors (Lipinski definition) is 21. The van der Waals surface area contributed by atoms with E-state index in [0.29, 0.717) is 39.0 Å². The Balaban J connectivity index is 1.39. The fourth-order valence-electron chi connectivity index (χ4n) is 11.0. The lowest BCUT2D eigenvalue weighted by molar-refractivity contribution is -0.145. The number of fused-ring (bicyclic) bond motifs is 1. The van der Waals surface area contributed by atoms with Gasteiger partial charge in [0, 0.05) is 98.6 Å². The number of aromatic hydroxyl groups is 1. The minimum absolute atomic E-state index is 0.0294. The summed E-state index contributed by atoms with van der Waals surface area (Å²) in [7, 11) is 1.76. The van der Waals surface area contributed by atoms with Crippen molar-refractivity contribution in [2.24, 2.45) is 5.73 Å². The Kier molecular flexibility index (Phi) is 31.8. The van der Waals surface area contributed by atoms with Crippen LogP contribution in [0.5, 0.6) is 5.75 Å². The van der Waals surface area contributed by atoms with Crippen LogP contribution in [0.25, 0.3) is 10.9 Å². The number of nitrogens with one attached hydrogen (secondary N) is 9. The number of para-hydroxylation sites is 1. The lowest BCUT2D eigenvalue weighted by Crippen LogP contribution is -2.62. The third-order valence-corrected chi connectivity index (χ3v) is 19.2. The topological polar surface area (TPSA) is 477 Å². The molecule has 2 aliphatic heterocycles. The summed E-state index contributed by atoms with van der Waals surface area (Å²) in [5.74, 6) is -12.1. The van der Waals surface area contributed by atoms with Gasteiger partial charge in [-0.05, 0) is 93.1 Å². The van der Waals surface area contributed by atoms with Crippen molar-refractivity contribution in [2.45, 2.75) is 132 Å². The molecule has 34 heteroatoms. The number of nitrogens with zero attached hydrogens (tertiary/aromatic N) is 3. The van der Waals surface area contributed by atoms with E-state index in [9.17, 15) is 74.1 Å². The number of carboxylic acid groups (broad SMARTS) is 3. The van der Waals surface area contributed by atoms with Crippen molar-refractivity contribution in [3.63, 3.8) is 0 Å². The van der Waals surface area contributed by atoms with Crippen LogP contribution in [0.4, 0.5) is 0 Å². The van der Waals surface area contributed by atoms with Crippen LogP contribution in [-0.4, -0.2) is 264 Å². The third kappa shape index (κ3) is 25.3. The van der Waals surface area contributed by atoms with Gasteiger partial charge in [0.05, 0.1) is 37.9 Å². The van der Waals surface area contributed by atoms with E-state index in [4.69, 9.17) is 17.3 Å². The zero-order valence-corrected chi connectivity index (χ0v) is 56.6. The Bertz CT molecular complexity index is 3340. The molecule has 11 atom stereocenters. The van der Waals surface area contributed by atoms with Crippen molar-refractivity contribution in [3.8, 4) is 5.75 Å². The first-order valence-corrected chi connectivity index (χ1v) is 34.8. The normalized spacial score (nSPS) is 21.9. The zero-order chi connectivity index (χ0) is 71.6. The maximum atomic E-state index is 15.2. The van der Waals surface area contributed by atoms with Gasteiger partial charge in [0.25, 0.3) is 0 Å². The van der Waals surface area contributed by atoms with Crippen LogP contribution in [-0.2, 0) is 72.0 Å².